The molecular formula is C29H29ClFN5O3. The van der Waals surface area contributed by atoms with Crippen molar-refractivity contribution in [2.75, 3.05) is 13.1 Å². The zero-order valence-electron chi connectivity index (χ0n) is 21.8. The summed E-state index contributed by atoms with van der Waals surface area (Å²) in [6, 6.07) is 12.2. The van der Waals surface area contributed by atoms with E-state index >= 15 is 0 Å². The summed E-state index contributed by atoms with van der Waals surface area (Å²) in [5, 5.41) is 5.14. The van der Waals surface area contributed by atoms with Gasteiger partial charge >= 0.3 is 0 Å². The molecule has 2 aliphatic heterocycles. The first-order valence-corrected chi connectivity index (χ1v) is 13.3. The molecule has 39 heavy (non-hydrogen) atoms. The molecule has 3 atom stereocenters. The van der Waals surface area contributed by atoms with Gasteiger partial charge in [-0.2, -0.15) is 0 Å². The zero-order valence-corrected chi connectivity index (χ0v) is 22.6. The van der Waals surface area contributed by atoms with Crippen molar-refractivity contribution in [1.29, 1.82) is 0 Å². The van der Waals surface area contributed by atoms with Gasteiger partial charge in [0.15, 0.2) is 0 Å². The average Bonchev–Trinajstić information content (AvgIpc) is 3.66. The van der Waals surface area contributed by atoms with Gasteiger partial charge in [-0.1, -0.05) is 38.4 Å². The molecule has 202 valence electrons. The minimum Gasteiger partial charge on any atom is -0.350 e. The van der Waals surface area contributed by atoms with Crippen LogP contribution in [-0.4, -0.2) is 68.7 Å². The summed E-state index contributed by atoms with van der Waals surface area (Å²) in [6.07, 6.45) is 0.680. The Hall–Kier alpha value is -3.85. The molecule has 2 bridgehead atoms. The molecule has 4 aromatic rings. The highest BCUT2D eigenvalue weighted by Gasteiger charge is 2.50. The molecule has 10 heteroatoms. The summed E-state index contributed by atoms with van der Waals surface area (Å²) in [6.45, 7) is 6.57. The molecular weight excluding hydrogens is 521 g/mol. The van der Waals surface area contributed by atoms with Crippen molar-refractivity contribution in [3.05, 3.63) is 70.8 Å². The number of hydrogen-bond acceptors (Lipinski definition) is 3. The van der Waals surface area contributed by atoms with Gasteiger partial charge in [0.05, 0.1) is 12.1 Å². The maximum Gasteiger partial charge on any atom is 0.270 e. The molecule has 8 nitrogen and oxygen atoms in total. The highest BCUT2D eigenvalue weighted by atomic mass is 35.5. The van der Waals surface area contributed by atoms with E-state index in [1.807, 2.05) is 26.8 Å². The predicted octanol–water partition coefficient (Wildman–Crippen LogP) is 4.71. The number of amides is 3. The van der Waals surface area contributed by atoms with Gasteiger partial charge < -0.3 is 25.1 Å². The third-order valence-electron chi connectivity index (χ3n) is 7.82. The Labute approximate surface area is 229 Å². The normalized spacial score (nSPS) is 19.7. The van der Waals surface area contributed by atoms with Gasteiger partial charge in [-0.15, -0.1) is 0 Å². The maximum absolute atomic E-state index is 13.8. The second kappa shape index (κ2) is 9.12. The van der Waals surface area contributed by atoms with Crippen LogP contribution in [0.3, 0.4) is 0 Å². The van der Waals surface area contributed by atoms with E-state index in [2.05, 4.69) is 15.3 Å². The maximum atomic E-state index is 13.8. The number of aromatic nitrogens is 2. The van der Waals surface area contributed by atoms with Crippen molar-refractivity contribution < 1.29 is 18.8 Å². The molecule has 6 rings (SSSR count). The first kappa shape index (κ1) is 25.4. The predicted molar refractivity (Wildman–Crippen MR) is 147 cm³/mol. The number of likely N-dealkylation sites (tertiary alicyclic amines) is 2. The zero-order chi connectivity index (χ0) is 27.6. The Bertz CT molecular complexity index is 1640. The minimum atomic E-state index is -0.757. The Kier molecular flexibility index (Phi) is 5.95. The minimum absolute atomic E-state index is 0.121. The smallest absolute Gasteiger partial charge is 0.270 e. The first-order valence-electron chi connectivity index (χ1n) is 13.0. The van der Waals surface area contributed by atoms with Gasteiger partial charge in [0, 0.05) is 39.9 Å². The average molecular weight is 550 g/mol. The fourth-order valence-electron chi connectivity index (χ4n) is 5.80. The largest absolute Gasteiger partial charge is 0.350 e. The summed E-state index contributed by atoms with van der Waals surface area (Å²) in [5.74, 6) is -1.05. The van der Waals surface area contributed by atoms with E-state index in [9.17, 15) is 18.8 Å². The number of hydrogen-bond donors (Lipinski definition) is 3. The van der Waals surface area contributed by atoms with E-state index in [-0.39, 0.29) is 35.6 Å². The van der Waals surface area contributed by atoms with Crippen LogP contribution in [0.4, 0.5) is 4.39 Å². The number of nitrogens with one attached hydrogen (secondary N) is 3. The van der Waals surface area contributed by atoms with E-state index in [1.54, 1.807) is 40.1 Å². The summed E-state index contributed by atoms with van der Waals surface area (Å²) < 4.78 is 13.6. The van der Waals surface area contributed by atoms with Crippen LogP contribution in [0, 0.1) is 11.2 Å². The van der Waals surface area contributed by atoms with Crippen molar-refractivity contribution in [1.82, 2.24) is 25.1 Å². The Balaban J connectivity index is 1.16. The van der Waals surface area contributed by atoms with Gasteiger partial charge in [0.1, 0.15) is 23.2 Å². The second-order valence-corrected chi connectivity index (χ2v) is 12.0. The monoisotopic (exact) mass is 549 g/mol. The number of carbonyl (C=O) groups is 3. The number of H-pyrrole nitrogens is 2. The number of nitrogens with zero attached hydrogens (tertiary/aromatic N) is 2. The molecule has 4 heterocycles. The van der Waals surface area contributed by atoms with Crippen molar-refractivity contribution in [3.8, 4) is 0 Å². The fourth-order valence-corrected chi connectivity index (χ4v) is 5.97. The third kappa shape index (κ3) is 4.54. The fraction of sp³-hybridized carbons (Fsp3) is 0.345. The van der Waals surface area contributed by atoms with Crippen LogP contribution < -0.4 is 5.32 Å². The molecule has 2 fully saturated rings. The van der Waals surface area contributed by atoms with Crippen LogP contribution in [0.2, 0.25) is 5.02 Å². The van der Waals surface area contributed by atoms with E-state index in [0.29, 0.717) is 41.4 Å². The molecule has 2 aromatic heterocycles. The van der Waals surface area contributed by atoms with Crippen LogP contribution >= 0.6 is 11.6 Å². The van der Waals surface area contributed by atoms with Crippen molar-refractivity contribution in [2.45, 2.75) is 45.3 Å². The summed E-state index contributed by atoms with van der Waals surface area (Å²) >= 11 is 6.07. The molecule has 0 spiro atoms. The number of carbonyl (C=O) groups excluding carboxylic acids is 3. The molecule has 0 aliphatic carbocycles. The topological polar surface area (TPSA) is 101 Å². The van der Waals surface area contributed by atoms with Crippen LogP contribution in [-0.2, 0) is 4.79 Å². The number of benzene rings is 2. The molecule has 2 saturated heterocycles. The number of aromatic amines is 2. The summed E-state index contributed by atoms with van der Waals surface area (Å²) in [5.41, 5.74) is 1.53. The van der Waals surface area contributed by atoms with Crippen LogP contribution in [0.15, 0.2) is 48.5 Å². The number of piperazine rings is 1. The van der Waals surface area contributed by atoms with Crippen molar-refractivity contribution in [3.63, 3.8) is 0 Å². The quantitative estimate of drug-likeness (QED) is 0.343. The van der Waals surface area contributed by atoms with Gasteiger partial charge in [-0.05, 0) is 54.3 Å². The Morgan fingerprint density at radius 3 is 2.23 bits per heavy atom. The Morgan fingerprint density at radius 1 is 0.923 bits per heavy atom. The highest BCUT2D eigenvalue weighted by Crippen LogP contribution is 2.34. The van der Waals surface area contributed by atoms with Crippen molar-refractivity contribution >= 4 is 51.1 Å². The number of rotatable bonds is 4. The molecule has 3 N–H and O–H groups in total. The summed E-state index contributed by atoms with van der Waals surface area (Å²) in [4.78, 5) is 50.0. The lowest BCUT2D eigenvalue weighted by Gasteiger charge is -2.39. The van der Waals surface area contributed by atoms with Gasteiger partial charge in [-0.25, -0.2) is 4.39 Å². The van der Waals surface area contributed by atoms with Crippen LogP contribution in [0.1, 0.15) is 48.2 Å². The van der Waals surface area contributed by atoms with E-state index < -0.39 is 11.5 Å². The van der Waals surface area contributed by atoms with E-state index in [4.69, 9.17) is 11.6 Å². The Morgan fingerprint density at radius 2 is 1.54 bits per heavy atom. The van der Waals surface area contributed by atoms with E-state index in [0.717, 1.165) is 16.3 Å². The third-order valence-corrected chi connectivity index (χ3v) is 8.05. The van der Waals surface area contributed by atoms with Gasteiger partial charge in [0.25, 0.3) is 11.8 Å². The number of halogens is 2. The molecule has 2 aromatic carbocycles. The lowest BCUT2D eigenvalue weighted by Crippen LogP contribution is -2.59. The SMILES string of the molecule is CC(C)(C)[C@H](NC(=O)c1cc2ccc(Cl)cc2[nH]1)C(=O)N1C[C@@H]2C[C@H]1CN2C(=O)c1cc2ccc(F)cc2[nH]1. The highest BCUT2D eigenvalue weighted by molar-refractivity contribution is 6.31. The summed E-state index contributed by atoms with van der Waals surface area (Å²) in [7, 11) is 0. The molecule has 3 amide bonds. The van der Waals surface area contributed by atoms with E-state index in [1.165, 1.54) is 12.1 Å². The molecule has 0 unspecified atom stereocenters. The molecule has 0 saturated carbocycles. The lowest BCUT2D eigenvalue weighted by atomic mass is 9.85. The first-order chi connectivity index (χ1) is 18.5. The molecule has 2 aliphatic rings. The van der Waals surface area contributed by atoms with Gasteiger partial charge in [-0.3, -0.25) is 14.4 Å². The number of fused-ring (bicyclic) bond motifs is 4. The van der Waals surface area contributed by atoms with Crippen molar-refractivity contribution in [2.24, 2.45) is 5.41 Å². The molecule has 0 radical (unpaired) electrons. The standard InChI is InChI=1S/C29H29ClFN5O3/c1-29(2,3)25(34-26(37)23-8-15-4-6-17(30)10-21(15)32-23)28(39)36-14-19-12-20(36)13-35(19)27(38)24-9-16-5-7-18(31)11-22(16)33-24/h4-11,19-20,25,32-33H,12-14H2,1-3H3,(H,34,37)/t19-,20-,25+/m0/s1. The second-order valence-electron chi connectivity index (χ2n) is 11.6. The van der Waals surface area contributed by atoms with Crippen LogP contribution in [0.5, 0.6) is 0 Å². The van der Waals surface area contributed by atoms with Crippen LogP contribution in [0.25, 0.3) is 21.8 Å². The van der Waals surface area contributed by atoms with Gasteiger partial charge in [0.2, 0.25) is 5.91 Å². The lowest BCUT2D eigenvalue weighted by molar-refractivity contribution is -0.138.